The van der Waals surface area contributed by atoms with Gasteiger partial charge in [-0.05, 0) is 31.9 Å². The van der Waals surface area contributed by atoms with Crippen LogP contribution in [0.3, 0.4) is 0 Å². The van der Waals surface area contributed by atoms with Gasteiger partial charge in [0.1, 0.15) is 11.7 Å². The van der Waals surface area contributed by atoms with Crippen LogP contribution in [-0.2, 0) is 14.4 Å². The Labute approximate surface area is 160 Å². The van der Waals surface area contributed by atoms with Crippen molar-refractivity contribution in [2.45, 2.75) is 25.8 Å². The van der Waals surface area contributed by atoms with E-state index >= 15 is 0 Å². The van der Waals surface area contributed by atoms with Crippen molar-refractivity contribution >= 4 is 34.2 Å². The van der Waals surface area contributed by atoms with Gasteiger partial charge < -0.3 is 5.32 Å². The first-order valence-corrected chi connectivity index (χ1v) is 9.64. The van der Waals surface area contributed by atoms with Crippen LogP contribution in [0.2, 0.25) is 0 Å². The number of imide groups is 1. The minimum atomic E-state index is -0.877. The summed E-state index contributed by atoms with van der Waals surface area (Å²) in [5, 5.41) is 4.92. The van der Waals surface area contributed by atoms with Gasteiger partial charge in [-0.25, -0.2) is 4.98 Å². The molecule has 27 heavy (non-hydrogen) atoms. The summed E-state index contributed by atoms with van der Waals surface area (Å²) in [5.74, 6) is -1.62. The van der Waals surface area contributed by atoms with Gasteiger partial charge in [0.15, 0.2) is 5.13 Å². The standard InChI is InChI=1S/C19H18N4O3S/c1-11(23-17(25)12-6-2-3-7-13(12)18(23)26)16(24)22-19-21-15(10-27-19)14-8-4-5-9-20-14/h2-5,8-13H,6-7H2,1H3,(H,21,22,24)/t11-,12-,13+/m0/s1. The van der Waals surface area contributed by atoms with Crippen molar-refractivity contribution < 1.29 is 14.4 Å². The number of likely N-dealkylation sites (tertiary alicyclic amines) is 1. The largest absolute Gasteiger partial charge is 0.300 e. The number of hydrogen-bond donors (Lipinski definition) is 1. The van der Waals surface area contributed by atoms with E-state index in [9.17, 15) is 14.4 Å². The molecule has 0 bridgehead atoms. The van der Waals surface area contributed by atoms with Gasteiger partial charge in [-0.1, -0.05) is 18.2 Å². The molecular weight excluding hydrogens is 364 g/mol. The fourth-order valence-corrected chi connectivity index (χ4v) is 4.21. The van der Waals surface area contributed by atoms with Crippen LogP contribution in [0.5, 0.6) is 0 Å². The van der Waals surface area contributed by atoms with E-state index in [1.807, 2.05) is 30.4 Å². The number of thiazole rings is 1. The molecule has 1 aliphatic heterocycles. The molecule has 1 saturated heterocycles. The third-order valence-corrected chi connectivity index (χ3v) is 5.73. The maximum absolute atomic E-state index is 12.6. The molecule has 1 aliphatic carbocycles. The topological polar surface area (TPSA) is 92.3 Å². The SMILES string of the molecule is C[C@@H](C(=O)Nc1nc(-c2ccccn2)cs1)N1C(=O)[C@H]2CC=CC[C@H]2C1=O. The van der Waals surface area contributed by atoms with E-state index in [1.165, 1.54) is 11.3 Å². The average Bonchev–Trinajstić information content (AvgIpc) is 3.26. The Bertz CT molecular complexity index is 898. The average molecular weight is 382 g/mol. The quantitative estimate of drug-likeness (QED) is 0.648. The van der Waals surface area contributed by atoms with E-state index in [1.54, 1.807) is 18.5 Å². The predicted octanol–water partition coefficient (Wildman–Crippen LogP) is 2.48. The number of pyridine rings is 1. The Morgan fingerprint density at radius 2 is 1.89 bits per heavy atom. The lowest BCUT2D eigenvalue weighted by molar-refractivity contribution is -0.146. The Morgan fingerprint density at radius 1 is 1.19 bits per heavy atom. The molecule has 2 aliphatic rings. The smallest absolute Gasteiger partial charge is 0.249 e. The van der Waals surface area contributed by atoms with Gasteiger partial charge in [-0.15, -0.1) is 11.3 Å². The van der Waals surface area contributed by atoms with E-state index in [-0.39, 0.29) is 23.7 Å². The van der Waals surface area contributed by atoms with E-state index in [4.69, 9.17) is 0 Å². The van der Waals surface area contributed by atoms with Gasteiger partial charge in [-0.2, -0.15) is 0 Å². The van der Waals surface area contributed by atoms with Crippen LogP contribution in [0.4, 0.5) is 5.13 Å². The molecule has 0 unspecified atom stereocenters. The number of hydrogen-bond acceptors (Lipinski definition) is 6. The fourth-order valence-electron chi connectivity index (χ4n) is 3.50. The number of carbonyl (C=O) groups excluding carboxylic acids is 3. The van der Waals surface area contributed by atoms with E-state index < -0.39 is 11.9 Å². The van der Waals surface area contributed by atoms with Crippen LogP contribution in [-0.4, -0.2) is 38.6 Å². The van der Waals surface area contributed by atoms with E-state index in [0.717, 1.165) is 4.90 Å². The number of amides is 3. The van der Waals surface area contributed by atoms with E-state index in [2.05, 4.69) is 15.3 Å². The van der Waals surface area contributed by atoms with Crippen LogP contribution in [0.25, 0.3) is 11.4 Å². The minimum absolute atomic E-state index is 0.259. The molecule has 138 valence electrons. The lowest BCUT2D eigenvalue weighted by Gasteiger charge is -2.21. The van der Waals surface area contributed by atoms with Crippen molar-refractivity contribution in [3.8, 4) is 11.4 Å². The normalized spacial score (nSPS) is 22.6. The first-order valence-electron chi connectivity index (χ1n) is 8.76. The van der Waals surface area contributed by atoms with Crippen LogP contribution in [0.15, 0.2) is 41.9 Å². The number of nitrogens with zero attached hydrogens (tertiary/aromatic N) is 3. The molecular formula is C19H18N4O3S. The molecule has 3 amide bonds. The number of aromatic nitrogens is 2. The summed E-state index contributed by atoms with van der Waals surface area (Å²) >= 11 is 1.27. The number of carbonyl (C=O) groups is 3. The minimum Gasteiger partial charge on any atom is -0.300 e. The van der Waals surface area contributed by atoms with Crippen molar-refractivity contribution in [3.63, 3.8) is 0 Å². The lowest BCUT2D eigenvalue weighted by atomic mass is 9.85. The van der Waals surface area contributed by atoms with Crippen molar-refractivity contribution in [1.29, 1.82) is 0 Å². The molecule has 1 N–H and O–H groups in total. The van der Waals surface area contributed by atoms with Crippen molar-refractivity contribution in [3.05, 3.63) is 41.9 Å². The molecule has 2 aromatic rings. The van der Waals surface area contributed by atoms with Crippen LogP contribution in [0.1, 0.15) is 19.8 Å². The highest BCUT2D eigenvalue weighted by Crippen LogP contribution is 2.36. The second-order valence-electron chi connectivity index (χ2n) is 6.62. The number of allylic oxidation sites excluding steroid dienone is 2. The first-order chi connectivity index (χ1) is 13.1. The van der Waals surface area contributed by atoms with Crippen molar-refractivity contribution in [2.75, 3.05) is 5.32 Å². The summed E-state index contributed by atoms with van der Waals surface area (Å²) in [6.07, 6.45) is 6.64. The molecule has 4 rings (SSSR count). The molecule has 2 aromatic heterocycles. The molecule has 0 spiro atoms. The van der Waals surface area contributed by atoms with Gasteiger partial charge in [0, 0.05) is 11.6 Å². The van der Waals surface area contributed by atoms with E-state index in [0.29, 0.717) is 29.4 Å². The van der Waals surface area contributed by atoms with Crippen molar-refractivity contribution in [2.24, 2.45) is 11.8 Å². The Morgan fingerprint density at radius 3 is 2.52 bits per heavy atom. The zero-order chi connectivity index (χ0) is 19.0. The number of fused-ring (bicyclic) bond motifs is 1. The highest BCUT2D eigenvalue weighted by Gasteiger charge is 2.50. The Hall–Kier alpha value is -2.87. The Kier molecular flexibility index (Phi) is 4.57. The zero-order valence-corrected chi connectivity index (χ0v) is 15.5. The number of anilines is 1. The molecule has 3 atom stereocenters. The third kappa shape index (κ3) is 3.16. The summed E-state index contributed by atoms with van der Waals surface area (Å²) < 4.78 is 0. The first kappa shape index (κ1) is 17.5. The Balaban J connectivity index is 1.46. The molecule has 7 nitrogen and oxygen atoms in total. The summed E-state index contributed by atoms with van der Waals surface area (Å²) in [6.45, 7) is 1.57. The van der Waals surface area contributed by atoms with Crippen LogP contribution >= 0.6 is 11.3 Å². The van der Waals surface area contributed by atoms with Crippen LogP contribution < -0.4 is 5.32 Å². The third-order valence-electron chi connectivity index (χ3n) is 4.97. The van der Waals surface area contributed by atoms with Gasteiger partial charge in [0.25, 0.3) is 0 Å². The fraction of sp³-hybridized carbons (Fsp3) is 0.316. The summed E-state index contributed by atoms with van der Waals surface area (Å²) in [5.41, 5.74) is 1.37. The van der Waals surface area contributed by atoms with Gasteiger partial charge in [-0.3, -0.25) is 24.3 Å². The van der Waals surface area contributed by atoms with Gasteiger partial charge in [0.2, 0.25) is 17.7 Å². The summed E-state index contributed by atoms with van der Waals surface area (Å²) in [6, 6.07) is 4.64. The van der Waals surface area contributed by atoms with Gasteiger partial charge >= 0.3 is 0 Å². The predicted molar refractivity (Wildman–Crippen MR) is 101 cm³/mol. The van der Waals surface area contributed by atoms with Gasteiger partial charge in [0.05, 0.1) is 17.5 Å². The molecule has 0 radical (unpaired) electrons. The number of rotatable bonds is 4. The number of nitrogens with one attached hydrogen (secondary N) is 1. The molecule has 8 heteroatoms. The maximum Gasteiger partial charge on any atom is 0.249 e. The second kappa shape index (κ2) is 7.03. The molecule has 0 aromatic carbocycles. The second-order valence-corrected chi connectivity index (χ2v) is 7.48. The lowest BCUT2D eigenvalue weighted by Crippen LogP contribution is -2.46. The summed E-state index contributed by atoms with van der Waals surface area (Å²) in [4.78, 5) is 47.5. The zero-order valence-electron chi connectivity index (χ0n) is 14.7. The van der Waals surface area contributed by atoms with Crippen molar-refractivity contribution in [1.82, 2.24) is 14.9 Å². The maximum atomic E-state index is 12.6. The highest BCUT2D eigenvalue weighted by atomic mass is 32.1. The van der Waals surface area contributed by atoms with Crippen LogP contribution in [0, 0.1) is 11.8 Å². The monoisotopic (exact) mass is 382 g/mol. The molecule has 3 heterocycles. The molecule has 0 saturated carbocycles. The summed E-state index contributed by atoms with van der Waals surface area (Å²) in [7, 11) is 0. The highest BCUT2D eigenvalue weighted by molar-refractivity contribution is 7.14. The molecule has 1 fully saturated rings.